The smallest absolute Gasteiger partial charge is 0.251 e. The van der Waals surface area contributed by atoms with Crippen LogP contribution in [0.3, 0.4) is 0 Å². The fraction of sp³-hybridized carbons (Fsp3) is 0.500. The van der Waals surface area contributed by atoms with E-state index in [2.05, 4.69) is 32.7 Å². The molecule has 1 aliphatic rings. The summed E-state index contributed by atoms with van der Waals surface area (Å²) in [5.41, 5.74) is 1.64. The highest BCUT2D eigenvalue weighted by Gasteiger charge is 2.12. The summed E-state index contributed by atoms with van der Waals surface area (Å²) in [5, 5.41) is 14.3. The van der Waals surface area contributed by atoms with Crippen LogP contribution in [0.2, 0.25) is 0 Å². The van der Waals surface area contributed by atoms with Crippen LogP contribution in [0.25, 0.3) is 0 Å². The Bertz CT molecular complexity index is 779. The van der Waals surface area contributed by atoms with Gasteiger partial charge in [0.15, 0.2) is 5.82 Å². The molecule has 1 aliphatic heterocycles. The second kappa shape index (κ2) is 12.0. The molecule has 0 radical (unpaired) electrons. The number of amides is 1. The lowest BCUT2D eigenvalue weighted by Crippen LogP contribution is -2.36. The molecular formula is C22H31N5O3. The van der Waals surface area contributed by atoms with Gasteiger partial charge in [-0.2, -0.15) is 5.10 Å². The number of carbonyl (C=O) groups excluding carboxylic acids is 1. The van der Waals surface area contributed by atoms with Crippen molar-refractivity contribution < 1.29 is 14.3 Å². The first-order valence-electron chi connectivity index (χ1n) is 10.7. The number of unbranched alkanes of at least 4 members (excludes halogenated alkanes) is 2. The summed E-state index contributed by atoms with van der Waals surface area (Å²) in [6, 6.07) is 9.22. The van der Waals surface area contributed by atoms with Crippen LogP contribution in [-0.2, 0) is 4.74 Å². The van der Waals surface area contributed by atoms with Crippen LogP contribution in [0.1, 0.15) is 36.5 Å². The molecule has 162 valence electrons. The number of nitrogens with one attached hydrogen (secondary N) is 2. The maximum Gasteiger partial charge on any atom is 0.251 e. The zero-order valence-electron chi connectivity index (χ0n) is 17.6. The SMILES string of the molecule is CCCCCOc1ccc(C(=O)NCCNc2cc(N3CCOCC3)cnn2)cc1. The highest BCUT2D eigenvalue weighted by Crippen LogP contribution is 2.17. The van der Waals surface area contributed by atoms with Gasteiger partial charge >= 0.3 is 0 Å². The third-order valence-corrected chi connectivity index (χ3v) is 4.87. The molecule has 2 heterocycles. The summed E-state index contributed by atoms with van der Waals surface area (Å²) in [5.74, 6) is 1.38. The van der Waals surface area contributed by atoms with E-state index in [0.29, 0.717) is 31.1 Å². The molecule has 2 aromatic rings. The number of rotatable bonds is 11. The number of carbonyl (C=O) groups is 1. The van der Waals surface area contributed by atoms with Crippen molar-refractivity contribution in [3.8, 4) is 5.75 Å². The summed E-state index contributed by atoms with van der Waals surface area (Å²) >= 11 is 0. The van der Waals surface area contributed by atoms with Crippen LogP contribution >= 0.6 is 0 Å². The van der Waals surface area contributed by atoms with E-state index < -0.39 is 0 Å². The Kier molecular flexibility index (Phi) is 8.71. The standard InChI is InChI=1S/C22H31N5O3/c1-2-3-4-13-30-20-7-5-18(6-8-20)22(28)24-10-9-23-21-16-19(17-25-26-21)27-11-14-29-15-12-27/h5-8,16-17H,2-4,9-15H2,1H3,(H,23,26)(H,24,28). The van der Waals surface area contributed by atoms with Gasteiger partial charge in [0, 0.05) is 37.8 Å². The van der Waals surface area contributed by atoms with Crippen LogP contribution in [-0.4, -0.2) is 62.1 Å². The normalized spacial score (nSPS) is 13.7. The number of benzene rings is 1. The second-order valence-electron chi connectivity index (χ2n) is 7.16. The number of ether oxygens (including phenoxy) is 2. The fourth-order valence-electron chi connectivity index (χ4n) is 3.15. The Morgan fingerprint density at radius 3 is 2.73 bits per heavy atom. The van der Waals surface area contributed by atoms with Crippen LogP contribution in [0.15, 0.2) is 36.5 Å². The van der Waals surface area contributed by atoms with Crippen molar-refractivity contribution in [3.63, 3.8) is 0 Å². The van der Waals surface area contributed by atoms with Gasteiger partial charge in [-0.05, 0) is 30.7 Å². The molecule has 0 bridgehead atoms. The van der Waals surface area contributed by atoms with E-state index in [-0.39, 0.29) is 5.91 Å². The molecule has 8 nitrogen and oxygen atoms in total. The Labute approximate surface area is 178 Å². The fourth-order valence-corrected chi connectivity index (χ4v) is 3.15. The molecule has 0 unspecified atom stereocenters. The maximum atomic E-state index is 12.3. The summed E-state index contributed by atoms with van der Waals surface area (Å²) < 4.78 is 11.1. The number of hydrogen-bond acceptors (Lipinski definition) is 7. The number of morpholine rings is 1. The van der Waals surface area contributed by atoms with Crippen LogP contribution in [0.5, 0.6) is 5.75 Å². The van der Waals surface area contributed by atoms with E-state index >= 15 is 0 Å². The van der Waals surface area contributed by atoms with Gasteiger partial charge < -0.3 is 25.0 Å². The Morgan fingerprint density at radius 2 is 1.97 bits per heavy atom. The van der Waals surface area contributed by atoms with E-state index in [1.807, 2.05) is 18.2 Å². The molecule has 1 aromatic carbocycles. The summed E-state index contributed by atoms with van der Waals surface area (Å²) in [6.45, 7) is 7.07. The van der Waals surface area contributed by atoms with Gasteiger partial charge in [-0.15, -0.1) is 5.10 Å². The molecule has 2 N–H and O–H groups in total. The highest BCUT2D eigenvalue weighted by atomic mass is 16.5. The number of hydrogen-bond donors (Lipinski definition) is 2. The van der Waals surface area contributed by atoms with Crippen LogP contribution in [0.4, 0.5) is 11.5 Å². The van der Waals surface area contributed by atoms with Crippen molar-refractivity contribution in [2.24, 2.45) is 0 Å². The van der Waals surface area contributed by atoms with E-state index in [1.165, 1.54) is 6.42 Å². The zero-order chi connectivity index (χ0) is 21.0. The summed E-state index contributed by atoms with van der Waals surface area (Å²) in [4.78, 5) is 14.5. The Morgan fingerprint density at radius 1 is 1.17 bits per heavy atom. The minimum absolute atomic E-state index is 0.109. The van der Waals surface area contributed by atoms with E-state index in [4.69, 9.17) is 9.47 Å². The first-order chi connectivity index (χ1) is 14.8. The van der Waals surface area contributed by atoms with Gasteiger partial charge in [0.2, 0.25) is 0 Å². The van der Waals surface area contributed by atoms with Gasteiger partial charge in [-0.3, -0.25) is 4.79 Å². The first kappa shape index (κ1) is 21.8. The molecule has 1 fully saturated rings. The van der Waals surface area contributed by atoms with Crippen molar-refractivity contribution in [2.45, 2.75) is 26.2 Å². The quantitative estimate of drug-likeness (QED) is 0.548. The molecule has 1 amide bonds. The van der Waals surface area contributed by atoms with Gasteiger partial charge in [0.25, 0.3) is 5.91 Å². The first-order valence-corrected chi connectivity index (χ1v) is 10.7. The third kappa shape index (κ3) is 6.88. The van der Waals surface area contributed by atoms with Gasteiger partial charge in [0.05, 0.1) is 31.7 Å². The monoisotopic (exact) mass is 413 g/mol. The zero-order valence-corrected chi connectivity index (χ0v) is 17.6. The van der Waals surface area contributed by atoms with Crippen molar-refractivity contribution >= 4 is 17.4 Å². The van der Waals surface area contributed by atoms with Crippen LogP contribution < -0.4 is 20.3 Å². The Hall–Kier alpha value is -2.87. The average molecular weight is 414 g/mol. The van der Waals surface area contributed by atoms with Gasteiger partial charge in [-0.1, -0.05) is 19.8 Å². The molecule has 0 spiro atoms. The topological polar surface area (TPSA) is 88.6 Å². The molecule has 1 aromatic heterocycles. The molecule has 30 heavy (non-hydrogen) atoms. The predicted molar refractivity (Wildman–Crippen MR) is 117 cm³/mol. The molecule has 0 saturated carbocycles. The molecule has 8 heteroatoms. The third-order valence-electron chi connectivity index (χ3n) is 4.87. The van der Waals surface area contributed by atoms with Crippen molar-refractivity contribution in [1.82, 2.24) is 15.5 Å². The van der Waals surface area contributed by atoms with E-state index in [1.54, 1.807) is 18.3 Å². The summed E-state index contributed by atoms with van der Waals surface area (Å²) in [6.07, 6.45) is 5.14. The van der Waals surface area contributed by atoms with Gasteiger partial charge in [-0.25, -0.2) is 0 Å². The molecule has 0 atom stereocenters. The minimum atomic E-state index is -0.109. The second-order valence-corrected chi connectivity index (χ2v) is 7.16. The lowest BCUT2D eigenvalue weighted by molar-refractivity contribution is 0.0955. The van der Waals surface area contributed by atoms with E-state index in [0.717, 1.165) is 50.6 Å². The maximum absolute atomic E-state index is 12.3. The van der Waals surface area contributed by atoms with Crippen molar-refractivity contribution in [3.05, 3.63) is 42.1 Å². The van der Waals surface area contributed by atoms with Crippen LogP contribution in [0, 0.1) is 0 Å². The molecular weight excluding hydrogens is 382 g/mol. The highest BCUT2D eigenvalue weighted by molar-refractivity contribution is 5.94. The molecule has 3 rings (SSSR count). The average Bonchev–Trinajstić information content (AvgIpc) is 2.81. The minimum Gasteiger partial charge on any atom is -0.494 e. The van der Waals surface area contributed by atoms with Crippen molar-refractivity contribution in [2.75, 3.05) is 56.2 Å². The predicted octanol–water partition coefficient (Wildman–Crippen LogP) is 2.72. The number of nitrogens with zero attached hydrogens (tertiary/aromatic N) is 3. The largest absolute Gasteiger partial charge is 0.494 e. The van der Waals surface area contributed by atoms with Gasteiger partial charge in [0.1, 0.15) is 5.75 Å². The number of anilines is 2. The summed E-state index contributed by atoms with van der Waals surface area (Å²) in [7, 11) is 0. The Balaban J connectivity index is 1.38. The number of aromatic nitrogens is 2. The van der Waals surface area contributed by atoms with Crippen molar-refractivity contribution in [1.29, 1.82) is 0 Å². The lowest BCUT2D eigenvalue weighted by atomic mass is 10.2. The molecule has 1 saturated heterocycles. The molecule has 0 aliphatic carbocycles. The lowest BCUT2D eigenvalue weighted by Gasteiger charge is -2.28. The van der Waals surface area contributed by atoms with E-state index in [9.17, 15) is 4.79 Å².